The number of pyridine rings is 1. The zero-order valence-electron chi connectivity index (χ0n) is 14.6. The lowest BCUT2D eigenvalue weighted by atomic mass is 10.1. The van der Waals surface area contributed by atoms with Crippen LogP contribution in [0.1, 0.15) is 21.5 Å². The highest BCUT2D eigenvalue weighted by atomic mass is 35.5. The third kappa shape index (κ3) is 3.89. The number of aryl methyl sites for hydroxylation is 1. The minimum absolute atomic E-state index is 0.153. The molecule has 2 N–H and O–H groups in total. The molecule has 1 aromatic heterocycles. The van der Waals surface area contributed by atoms with Gasteiger partial charge in [0.25, 0.3) is 11.5 Å². The number of hydrogen-bond donors (Lipinski definition) is 2. The van der Waals surface area contributed by atoms with Crippen LogP contribution in [0.4, 0.5) is 0 Å². The number of nitrogens with one attached hydrogen (secondary N) is 2. The normalized spacial score (nSPS) is 10.7. The molecule has 0 fully saturated rings. The monoisotopic (exact) mass is 370 g/mol. The van der Waals surface area contributed by atoms with E-state index in [-0.39, 0.29) is 11.5 Å². The van der Waals surface area contributed by atoms with E-state index in [1.54, 1.807) is 31.4 Å². The van der Waals surface area contributed by atoms with E-state index in [4.69, 9.17) is 16.3 Å². The lowest BCUT2D eigenvalue weighted by Gasteiger charge is -2.08. The average molecular weight is 371 g/mol. The number of ether oxygens (including phenoxy) is 1. The predicted molar refractivity (Wildman–Crippen MR) is 103 cm³/mol. The first-order chi connectivity index (χ1) is 12.5. The number of H-pyrrole nitrogens is 1. The summed E-state index contributed by atoms with van der Waals surface area (Å²) in [6.07, 6.45) is 0.424. The number of methoxy groups -OCH3 is 1. The van der Waals surface area contributed by atoms with Crippen LogP contribution in [0.5, 0.6) is 5.75 Å². The molecule has 0 unspecified atom stereocenters. The Morgan fingerprint density at radius 3 is 2.77 bits per heavy atom. The quantitative estimate of drug-likeness (QED) is 0.722. The molecule has 0 aliphatic carbocycles. The van der Waals surface area contributed by atoms with Gasteiger partial charge in [-0.2, -0.15) is 0 Å². The van der Waals surface area contributed by atoms with Gasteiger partial charge in [0.05, 0.1) is 17.6 Å². The van der Waals surface area contributed by atoms with Crippen LogP contribution in [-0.4, -0.2) is 24.5 Å². The summed E-state index contributed by atoms with van der Waals surface area (Å²) in [5.74, 6) is 0.393. The van der Waals surface area contributed by atoms with Gasteiger partial charge in [-0.3, -0.25) is 9.59 Å². The fourth-order valence-corrected chi connectivity index (χ4v) is 3.03. The molecule has 0 spiro atoms. The molecule has 0 aliphatic rings. The van der Waals surface area contributed by atoms with Gasteiger partial charge in [-0.25, -0.2) is 0 Å². The number of hydrogen-bond acceptors (Lipinski definition) is 3. The van der Waals surface area contributed by atoms with Crippen molar-refractivity contribution in [1.82, 2.24) is 10.3 Å². The van der Waals surface area contributed by atoms with Gasteiger partial charge in [-0.1, -0.05) is 29.3 Å². The second-order valence-corrected chi connectivity index (χ2v) is 6.48. The first-order valence-electron chi connectivity index (χ1n) is 8.22. The molecule has 26 heavy (non-hydrogen) atoms. The molecule has 0 aliphatic heterocycles. The third-order valence-electron chi connectivity index (χ3n) is 4.15. The SMILES string of the molecule is COc1cc2cc(CCNC(=O)c3cccc(C)c3)c(=O)[nH]c2cc1Cl. The molecule has 5 nitrogen and oxygen atoms in total. The third-order valence-corrected chi connectivity index (χ3v) is 4.45. The van der Waals surface area contributed by atoms with Crippen molar-refractivity contribution in [2.75, 3.05) is 13.7 Å². The van der Waals surface area contributed by atoms with Crippen LogP contribution in [-0.2, 0) is 6.42 Å². The lowest BCUT2D eigenvalue weighted by Crippen LogP contribution is -2.27. The van der Waals surface area contributed by atoms with Gasteiger partial charge in [0.2, 0.25) is 0 Å². The number of rotatable bonds is 5. The van der Waals surface area contributed by atoms with Crippen LogP contribution >= 0.6 is 11.6 Å². The molecular formula is C20H19ClN2O3. The fraction of sp³-hybridized carbons (Fsp3) is 0.200. The number of aromatic nitrogens is 1. The van der Waals surface area contributed by atoms with E-state index < -0.39 is 0 Å². The Morgan fingerprint density at radius 1 is 1.23 bits per heavy atom. The van der Waals surface area contributed by atoms with E-state index in [2.05, 4.69) is 10.3 Å². The maximum absolute atomic E-state index is 12.2. The Labute approximate surface area is 156 Å². The molecule has 2 aromatic carbocycles. The molecule has 0 saturated heterocycles. The van der Waals surface area contributed by atoms with Crippen LogP contribution in [0.25, 0.3) is 10.9 Å². The second kappa shape index (κ2) is 7.62. The highest BCUT2D eigenvalue weighted by Crippen LogP contribution is 2.28. The summed E-state index contributed by atoms with van der Waals surface area (Å²) in [4.78, 5) is 27.2. The van der Waals surface area contributed by atoms with E-state index in [0.717, 1.165) is 10.9 Å². The Balaban J connectivity index is 1.74. The van der Waals surface area contributed by atoms with E-state index in [1.165, 1.54) is 0 Å². The Kier molecular flexibility index (Phi) is 5.28. The summed E-state index contributed by atoms with van der Waals surface area (Å²) in [7, 11) is 1.54. The predicted octanol–water partition coefficient (Wildman–Crippen LogP) is 3.47. The zero-order chi connectivity index (χ0) is 18.7. The van der Waals surface area contributed by atoms with Crippen LogP contribution in [0.2, 0.25) is 5.02 Å². The largest absolute Gasteiger partial charge is 0.495 e. The van der Waals surface area contributed by atoms with Crippen LogP contribution in [0, 0.1) is 6.92 Å². The molecule has 0 radical (unpaired) electrons. The fourth-order valence-electron chi connectivity index (χ4n) is 2.79. The summed E-state index contributed by atoms with van der Waals surface area (Å²) in [6, 6.07) is 12.6. The van der Waals surface area contributed by atoms with Crippen molar-refractivity contribution >= 4 is 28.4 Å². The molecule has 0 bridgehead atoms. The Morgan fingerprint density at radius 2 is 2.04 bits per heavy atom. The van der Waals surface area contributed by atoms with Crippen molar-refractivity contribution in [3.8, 4) is 5.75 Å². The molecule has 3 rings (SSSR count). The zero-order valence-corrected chi connectivity index (χ0v) is 15.3. The molecular weight excluding hydrogens is 352 g/mol. The molecule has 3 aromatic rings. The molecule has 1 amide bonds. The van der Waals surface area contributed by atoms with E-state index in [0.29, 0.717) is 40.4 Å². The summed E-state index contributed by atoms with van der Waals surface area (Å²) >= 11 is 6.09. The van der Waals surface area contributed by atoms with Crippen molar-refractivity contribution in [3.63, 3.8) is 0 Å². The number of fused-ring (bicyclic) bond motifs is 1. The minimum atomic E-state index is -0.191. The maximum atomic E-state index is 12.2. The van der Waals surface area contributed by atoms with Crippen molar-refractivity contribution in [1.29, 1.82) is 0 Å². The number of amides is 1. The van der Waals surface area contributed by atoms with Crippen molar-refractivity contribution in [2.45, 2.75) is 13.3 Å². The highest BCUT2D eigenvalue weighted by molar-refractivity contribution is 6.32. The Bertz CT molecular complexity index is 1030. The smallest absolute Gasteiger partial charge is 0.251 e. The van der Waals surface area contributed by atoms with Crippen LogP contribution in [0.3, 0.4) is 0 Å². The van der Waals surface area contributed by atoms with Gasteiger partial charge < -0.3 is 15.0 Å². The summed E-state index contributed by atoms with van der Waals surface area (Å²) < 4.78 is 5.21. The standard InChI is InChI=1S/C20H19ClN2O3/c1-12-4-3-5-13(8-12)19(24)22-7-6-14-9-15-10-18(26-2)16(21)11-17(15)23-20(14)25/h3-5,8-11H,6-7H2,1-2H3,(H,22,24)(H,23,25). The number of carbonyl (C=O) groups is 1. The average Bonchev–Trinajstić information content (AvgIpc) is 2.61. The highest BCUT2D eigenvalue weighted by Gasteiger charge is 2.09. The number of carbonyl (C=O) groups excluding carboxylic acids is 1. The maximum Gasteiger partial charge on any atom is 0.251 e. The number of benzene rings is 2. The van der Waals surface area contributed by atoms with Gasteiger partial charge in [0.1, 0.15) is 5.75 Å². The van der Waals surface area contributed by atoms with Gasteiger partial charge in [0.15, 0.2) is 0 Å². The topological polar surface area (TPSA) is 71.2 Å². The summed E-state index contributed by atoms with van der Waals surface area (Å²) in [5.41, 5.74) is 2.68. The van der Waals surface area contributed by atoms with E-state index >= 15 is 0 Å². The summed E-state index contributed by atoms with van der Waals surface area (Å²) in [6.45, 7) is 2.30. The second-order valence-electron chi connectivity index (χ2n) is 6.07. The van der Waals surface area contributed by atoms with E-state index in [1.807, 2.05) is 25.1 Å². The van der Waals surface area contributed by atoms with Crippen molar-refractivity contribution in [3.05, 3.63) is 74.5 Å². The van der Waals surface area contributed by atoms with Crippen LogP contribution in [0.15, 0.2) is 47.3 Å². The number of aromatic amines is 1. The lowest BCUT2D eigenvalue weighted by molar-refractivity contribution is 0.0954. The van der Waals surface area contributed by atoms with Crippen molar-refractivity contribution < 1.29 is 9.53 Å². The van der Waals surface area contributed by atoms with Gasteiger partial charge in [0, 0.05) is 23.1 Å². The van der Waals surface area contributed by atoms with E-state index in [9.17, 15) is 9.59 Å². The van der Waals surface area contributed by atoms with Gasteiger partial charge in [-0.05, 0) is 43.7 Å². The Hall–Kier alpha value is -2.79. The first kappa shape index (κ1) is 18.0. The molecule has 0 saturated carbocycles. The molecule has 134 valence electrons. The number of halogens is 1. The molecule has 0 atom stereocenters. The first-order valence-corrected chi connectivity index (χ1v) is 8.60. The molecule has 6 heteroatoms. The van der Waals surface area contributed by atoms with Gasteiger partial charge in [-0.15, -0.1) is 0 Å². The van der Waals surface area contributed by atoms with Crippen LogP contribution < -0.4 is 15.6 Å². The summed E-state index contributed by atoms with van der Waals surface area (Å²) in [5, 5.41) is 4.11. The van der Waals surface area contributed by atoms with Crippen molar-refractivity contribution in [2.24, 2.45) is 0 Å². The minimum Gasteiger partial charge on any atom is -0.495 e. The van der Waals surface area contributed by atoms with Gasteiger partial charge >= 0.3 is 0 Å². The molecule has 1 heterocycles.